The van der Waals surface area contributed by atoms with E-state index in [1.54, 1.807) is 19.1 Å². The van der Waals surface area contributed by atoms with Crippen LogP contribution in [0, 0.1) is 5.92 Å². The highest BCUT2D eigenvalue weighted by Gasteiger charge is 2.34. The van der Waals surface area contributed by atoms with E-state index in [0.717, 1.165) is 0 Å². The fourth-order valence-corrected chi connectivity index (χ4v) is 1.67. The van der Waals surface area contributed by atoms with Crippen LogP contribution in [-0.2, 0) is 19.2 Å². The molecule has 7 heteroatoms. The van der Waals surface area contributed by atoms with Crippen molar-refractivity contribution in [3.05, 3.63) is 24.3 Å². The van der Waals surface area contributed by atoms with Crippen LogP contribution in [-0.4, -0.2) is 34.6 Å². The number of benzene rings is 1. The molecule has 0 spiro atoms. The molecular weight excluding hydrogens is 302 g/mol. The Labute approximate surface area is 134 Å². The van der Waals surface area contributed by atoms with Crippen LogP contribution in [0.3, 0.4) is 0 Å². The number of phenolic OH excluding ortho intramolecular Hbond substituents is 1. The number of phenols is 1. The molecule has 1 N–H and O–H groups in total. The van der Waals surface area contributed by atoms with Crippen LogP contribution in [0.25, 0.3) is 0 Å². The molecule has 23 heavy (non-hydrogen) atoms. The van der Waals surface area contributed by atoms with Crippen molar-refractivity contribution in [3.63, 3.8) is 0 Å². The minimum absolute atomic E-state index is 0.0276. The van der Waals surface area contributed by atoms with Gasteiger partial charge in [-0.25, -0.2) is 4.79 Å². The van der Waals surface area contributed by atoms with Gasteiger partial charge in [-0.05, 0) is 31.2 Å². The molecule has 1 fully saturated rings. The lowest BCUT2D eigenvalue weighted by Gasteiger charge is -2.16. The number of nitrogens with zero attached hydrogens (tertiary/aromatic N) is 1. The number of carbonyl (C=O) groups is 3. The average Bonchev–Trinajstić information content (AvgIpc) is 2.87. The molecule has 1 aliphatic heterocycles. The van der Waals surface area contributed by atoms with Crippen molar-refractivity contribution in [1.29, 1.82) is 0 Å². The predicted octanol–water partition coefficient (Wildman–Crippen LogP) is 2.04. The smallest absolute Gasteiger partial charge is 0.339 e. The summed E-state index contributed by atoms with van der Waals surface area (Å²) in [6, 6.07) is 6.03. The summed E-state index contributed by atoms with van der Waals surface area (Å²) in [6.45, 7) is 5.59. The van der Waals surface area contributed by atoms with Gasteiger partial charge in [0.25, 0.3) is 11.8 Å². The number of amides is 2. The number of hydrogen-bond donors (Lipinski definition) is 1. The van der Waals surface area contributed by atoms with Crippen LogP contribution < -0.4 is 4.74 Å². The molecule has 1 aromatic carbocycles. The number of hydrogen-bond acceptors (Lipinski definition) is 6. The number of rotatable bonds is 5. The predicted molar refractivity (Wildman–Crippen MR) is 81.3 cm³/mol. The van der Waals surface area contributed by atoms with E-state index in [2.05, 4.69) is 0 Å². The van der Waals surface area contributed by atoms with Crippen molar-refractivity contribution in [2.45, 2.75) is 33.6 Å². The van der Waals surface area contributed by atoms with Gasteiger partial charge in [0.1, 0.15) is 18.1 Å². The second kappa shape index (κ2) is 8.77. The van der Waals surface area contributed by atoms with E-state index in [0.29, 0.717) is 10.8 Å². The van der Waals surface area contributed by atoms with Crippen LogP contribution in [0.5, 0.6) is 11.5 Å². The molecule has 1 atom stereocenters. The first-order valence-electron chi connectivity index (χ1n) is 7.47. The van der Waals surface area contributed by atoms with Crippen molar-refractivity contribution in [3.8, 4) is 11.5 Å². The van der Waals surface area contributed by atoms with Crippen molar-refractivity contribution in [2.24, 2.45) is 5.92 Å². The molecule has 1 heterocycles. The second-order valence-electron chi connectivity index (χ2n) is 4.70. The lowest BCUT2D eigenvalue weighted by atomic mass is 10.2. The second-order valence-corrected chi connectivity index (χ2v) is 4.70. The minimum Gasteiger partial charge on any atom is -0.508 e. The van der Waals surface area contributed by atoms with Gasteiger partial charge in [0, 0.05) is 12.8 Å². The van der Waals surface area contributed by atoms with Crippen LogP contribution in [0.15, 0.2) is 24.3 Å². The Balaban J connectivity index is 0.00000127. The zero-order valence-corrected chi connectivity index (χ0v) is 13.4. The maximum absolute atomic E-state index is 11.8. The molecular formula is C16H21NO6. The molecule has 0 aliphatic carbocycles. The van der Waals surface area contributed by atoms with Crippen molar-refractivity contribution >= 4 is 17.8 Å². The Morgan fingerprint density at radius 2 is 1.70 bits per heavy atom. The maximum atomic E-state index is 11.8. The zero-order chi connectivity index (χ0) is 17.4. The van der Waals surface area contributed by atoms with E-state index in [-0.39, 0.29) is 25.2 Å². The third-order valence-electron chi connectivity index (χ3n) is 2.93. The number of ether oxygens (including phenoxy) is 1. The molecule has 0 radical (unpaired) electrons. The van der Waals surface area contributed by atoms with Gasteiger partial charge in [-0.2, -0.15) is 0 Å². The molecule has 0 saturated carbocycles. The van der Waals surface area contributed by atoms with Gasteiger partial charge >= 0.3 is 5.97 Å². The molecule has 0 aromatic heterocycles. The van der Waals surface area contributed by atoms with Crippen LogP contribution >= 0.6 is 0 Å². The number of carbonyl (C=O) groups excluding carboxylic acids is 3. The fourth-order valence-electron chi connectivity index (χ4n) is 1.67. The Morgan fingerprint density at radius 3 is 2.22 bits per heavy atom. The third-order valence-corrected chi connectivity index (χ3v) is 2.93. The molecule has 0 bridgehead atoms. The van der Waals surface area contributed by atoms with E-state index >= 15 is 0 Å². The quantitative estimate of drug-likeness (QED) is 0.834. The summed E-state index contributed by atoms with van der Waals surface area (Å²) in [5.41, 5.74) is 0. The SMILES string of the molecule is CC.CC(COc1ccc(O)cc1)C(=O)ON1C(=O)CCC1=O. The summed E-state index contributed by atoms with van der Waals surface area (Å²) in [7, 11) is 0. The minimum atomic E-state index is -0.711. The Morgan fingerprint density at radius 1 is 1.17 bits per heavy atom. The van der Waals surface area contributed by atoms with Crippen molar-refractivity contribution in [2.75, 3.05) is 6.61 Å². The molecule has 1 aromatic rings. The van der Waals surface area contributed by atoms with E-state index in [4.69, 9.17) is 14.7 Å². The average molecular weight is 323 g/mol. The first-order valence-corrected chi connectivity index (χ1v) is 7.47. The van der Waals surface area contributed by atoms with E-state index in [1.807, 2.05) is 13.8 Å². The van der Waals surface area contributed by atoms with Gasteiger partial charge in [0.2, 0.25) is 0 Å². The maximum Gasteiger partial charge on any atom is 0.339 e. The lowest BCUT2D eigenvalue weighted by Crippen LogP contribution is -2.35. The summed E-state index contributed by atoms with van der Waals surface area (Å²) < 4.78 is 5.36. The lowest BCUT2D eigenvalue weighted by molar-refractivity contribution is -0.200. The van der Waals surface area contributed by atoms with Crippen molar-refractivity contribution in [1.82, 2.24) is 5.06 Å². The highest BCUT2D eigenvalue weighted by Crippen LogP contribution is 2.18. The van der Waals surface area contributed by atoms with Crippen LogP contribution in [0.4, 0.5) is 0 Å². The van der Waals surface area contributed by atoms with Gasteiger partial charge in [-0.3, -0.25) is 9.59 Å². The summed E-state index contributed by atoms with van der Waals surface area (Å²) >= 11 is 0. The zero-order valence-electron chi connectivity index (χ0n) is 13.4. The summed E-state index contributed by atoms with van der Waals surface area (Å²) in [5, 5.41) is 9.65. The first kappa shape index (κ1) is 18.5. The number of aromatic hydroxyl groups is 1. The molecule has 2 rings (SSSR count). The summed E-state index contributed by atoms with van der Waals surface area (Å²) in [5.74, 6) is -1.79. The molecule has 2 amide bonds. The van der Waals surface area contributed by atoms with Gasteiger partial charge in [0.15, 0.2) is 0 Å². The van der Waals surface area contributed by atoms with Crippen LogP contribution in [0.2, 0.25) is 0 Å². The van der Waals surface area contributed by atoms with E-state index in [1.165, 1.54) is 12.1 Å². The highest BCUT2D eigenvalue weighted by molar-refractivity contribution is 6.01. The normalized spacial score (nSPS) is 14.8. The third kappa shape index (κ3) is 5.28. The molecule has 1 aliphatic rings. The molecule has 1 unspecified atom stereocenters. The first-order chi connectivity index (χ1) is 11.0. The Hall–Kier alpha value is -2.57. The fraction of sp³-hybridized carbons (Fsp3) is 0.438. The standard InChI is InChI=1S/C14H15NO6.C2H6/c1-9(8-20-11-4-2-10(16)3-5-11)14(19)21-15-12(17)6-7-13(15)18;1-2/h2-5,9,16H,6-8H2,1H3;1-2H3. The van der Waals surface area contributed by atoms with Gasteiger partial charge in [-0.15, -0.1) is 5.06 Å². The van der Waals surface area contributed by atoms with Crippen LogP contribution in [0.1, 0.15) is 33.6 Å². The van der Waals surface area contributed by atoms with Gasteiger partial charge < -0.3 is 14.7 Å². The summed E-state index contributed by atoms with van der Waals surface area (Å²) in [6.07, 6.45) is 0.120. The van der Waals surface area contributed by atoms with Crippen molar-refractivity contribution < 1.29 is 29.1 Å². The summed E-state index contributed by atoms with van der Waals surface area (Å²) in [4.78, 5) is 39.2. The van der Waals surface area contributed by atoms with E-state index in [9.17, 15) is 14.4 Å². The van der Waals surface area contributed by atoms with E-state index < -0.39 is 23.7 Å². The van der Waals surface area contributed by atoms with Gasteiger partial charge in [-0.1, -0.05) is 13.8 Å². The number of imide groups is 1. The Bertz CT molecular complexity index is 538. The van der Waals surface area contributed by atoms with Gasteiger partial charge in [0.05, 0.1) is 5.92 Å². The molecule has 126 valence electrons. The topological polar surface area (TPSA) is 93.1 Å². The monoisotopic (exact) mass is 323 g/mol. The number of hydroxylamine groups is 2. The highest BCUT2D eigenvalue weighted by atomic mass is 16.7. The largest absolute Gasteiger partial charge is 0.508 e. The molecule has 1 saturated heterocycles. The Kier molecular flexibility index (Phi) is 7.05. The molecule has 7 nitrogen and oxygen atoms in total.